The molecule has 1 aliphatic carbocycles. The van der Waals surface area contributed by atoms with Crippen LogP contribution >= 0.6 is 0 Å². The molecule has 0 bridgehead atoms. The minimum Gasteiger partial charge on any atom is -0.314 e. The average Bonchev–Trinajstić information content (AvgIpc) is 2.82. The van der Waals surface area contributed by atoms with Crippen LogP contribution in [0, 0.1) is 0 Å². The van der Waals surface area contributed by atoms with Gasteiger partial charge in [0.05, 0.1) is 6.20 Å². The molecule has 2 fully saturated rings. The Morgan fingerprint density at radius 2 is 1.95 bits per heavy atom. The minimum absolute atomic E-state index is 0.673. The Labute approximate surface area is 116 Å². The fourth-order valence-corrected chi connectivity index (χ4v) is 3.82. The first-order valence-corrected chi connectivity index (χ1v) is 8.09. The maximum Gasteiger partial charge on any atom is 0.0527 e. The molecule has 1 aliphatic heterocycles. The van der Waals surface area contributed by atoms with Crippen LogP contribution in [0.5, 0.6) is 0 Å². The third kappa shape index (κ3) is 3.02. The molecule has 1 N–H and O–H groups in total. The number of hydrogen-bond donors (Lipinski definition) is 1. The summed E-state index contributed by atoms with van der Waals surface area (Å²) in [7, 11) is 2.12. The zero-order valence-corrected chi connectivity index (χ0v) is 12.2. The van der Waals surface area contributed by atoms with Crippen molar-refractivity contribution in [3.05, 3.63) is 17.5 Å². The molecule has 1 saturated heterocycles. The smallest absolute Gasteiger partial charge is 0.0527 e. The van der Waals surface area contributed by atoms with Gasteiger partial charge in [-0.1, -0.05) is 25.7 Å². The first kappa shape index (κ1) is 13.2. The number of nitrogens with one attached hydrogen (secondary N) is 1. The van der Waals surface area contributed by atoms with Crippen molar-refractivity contribution in [1.82, 2.24) is 15.1 Å². The van der Waals surface area contributed by atoms with E-state index in [4.69, 9.17) is 0 Å². The summed E-state index contributed by atoms with van der Waals surface area (Å²) in [5, 5.41) is 8.22. The molecular formula is C16H27N3. The lowest BCUT2D eigenvalue weighted by Crippen LogP contribution is -2.36. The van der Waals surface area contributed by atoms with E-state index in [-0.39, 0.29) is 0 Å². The first-order chi connectivity index (χ1) is 9.34. The van der Waals surface area contributed by atoms with E-state index in [0.717, 1.165) is 5.92 Å². The number of piperidine rings is 1. The molecule has 0 radical (unpaired) electrons. The number of nitrogens with zero attached hydrogens (tertiary/aromatic N) is 2. The fraction of sp³-hybridized carbons (Fsp3) is 0.812. The predicted octanol–water partition coefficient (Wildman–Crippen LogP) is 3.15. The van der Waals surface area contributed by atoms with Gasteiger partial charge >= 0.3 is 0 Å². The van der Waals surface area contributed by atoms with E-state index >= 15 is 0 Å². The van der Waals surface area contributed by atoms with Crippen molar-refractivity contribution in [3.63, 3.8) is 0 Å². The SMILES string of the molecule is Cn1ncc(C2CCCCC2)c1CC1CCCCN1. The molecule has 2 heterocycles. The molecule has 2 aliphatic rings. The first-order valence-electron chi connectivity index (χ1n) is 8.09. The molecule has 3 nitrogen and oxygen atoms in total. The van der Waals surface area contributed by atoms with Gasteiger partial charge in [-0.3, -0.25) is 4.68 Å². The summed E-state index contributed by atoms with van der Waals surface area (Å²) in [5.41, 5.74) is 3.04. The second kappa shape index (κ2) is 6.08. The monoisotopic (exact) mass is 261 g/mol. The molecule has 0 amide bonds. The van der Waals surface area contributed by atoms with E-state index in [1.165, 1.54) is 70.0 Å². The third-order valence-electron chi connectivity index (χ3n) is 4.99. The third-order valence-corrected chi connectivity index (χ3v) is 4.99. The molecule has 3 heteroatoms. The highest BCUT2D eigenvalue weighted by Gasteiger charge is 2.23. The molecule has 19 heavy (non-hydrogen) atoms. The minimum atomic E-state index is 0.673. The maximum atomic E-state index is 4.55. The van der Waals surface area contributed by atoms with Gasteiger partial charge in [0, 0.05) is 25.2 Å². The zero-order chi connectivity index (χ0) is 13.1. The van der Waals surface area contributed by atoms with Gasteiger partial charge in [0.1, 0.15) is 0 Å². The van der Waals surface area contributed by atoms with E-state index in [1.807, 2.05) is 0 Å². The van der Waals surface area contributed by atoms with Crippen LogP contribution in [0.3, 0.4) is 0 Å². The van der Waals surface area contributed by atoms with Crippen LogP contribution in [-0.4, -0.2) is 22.4 Å². The van der Waals surface area contributed by atoms with Gasteiger partial charge in [0.2, 0.25) is 0 Å². The molecule has 3 rings (SSSR count). The Morgan fingerprint density at radius 3 is 2.68 bits per heavy atom. The number of aromatic nitrogens is 2. The van der Waals surface area contributed by atoms with Gasteiger partial charge in [-0.05, 0) is 43.7 Å². The highest BCUT2D eigenvalue weighted by molar-refractivity contribution is 5.24. The molecular weight excluding hydrogens is 234 g/mol. The molecule has 106 valence electrons. The lowest BCUT2D eigenvalue weighted by atomic mass is 9.83. The molecule has 0 aromatic carbocycles. The molecule has 1 aromatic heterocycles. The van der Waals surface area contributed by atoms with Crippen molar-refractivity contribution < 1.29 is 0 Å². The highest BCUT2D eigenvalue weighted by atomic mass is 15.3. The van der Waals surface area contributed by atoms with Crippen molar-refractivity contribution in [2.45, 2.75) is 69.7 Å². The Bertz CT molecular complexity index is 398. The van der Waals surface area contributed by atoms with Crippen LogP contribution in [0.25, 0.3) is 0 Å². The summed E-state index contributed by atoms with van der Waals surface area (Å²) >= 11 is 0. The largest absolute Gasteiger partial charge is 0.314 e. The van der Waals surface area contributed by atoms with Crippen molar-refractivity contribution >= 4 is 0 Å². The summed E-state index contributed by atoms with van der Waals surface area (Å²) in [6, 6.07) is 0.673. The van der Waals surface area contributed by atoms with E-state index < -0.39 is 0 Å². The van der Waals surface area contributed by atoms with Gasteiger partial charge in [0.15, 0.2) is 0 Å². The van der Waals surface area contributed by atoms with Gasteiger partial charge < -0.3 is 5.32 Å². The predicted molar refractivity (Wildman–Crippen MR) is 78.4 cm³/mol. The van der Waals surface area contributed by atoms with Crippen molar-refractivity contribution in [1.29, 1.82) is 0 Å². The van der Waals surface area contributed by atoms with Crippen molar-refractivity contribution in [3.8, 4) is 0 Å². The van der Waals surface area contributed by atoms with E-state index in [0.29, 0.717) is 6.04 Å². The van der Waals surface area contributed by atoms with E-state index in [2.05, 4.69) is 28.3 Å². The average molecular weight is 261 g/mol. The summed E-state index contributed by atoms with van der Waals surface area (Å²) in [6.45, 7) is 1.20. The van der Waals surface area contributed by atoms with Crippen LogP contribution in [-0.2, 0) is 13.5 Å². The summed E-state index contributed by atoms with van der Waals surface area (Å²) in [5.74, 6) is 0.779. The normalized spacial score (nSPS) is 25.6. The zero-order valence-electron chi connectivity index (χ0n) is 12.2. The second-order valence-electron chi connectivity index (χ2n) is 6.36. The van der Waals surface area contributed by atoms with Crippen molar-refractivity contribution in [2.75, 3.05) is 6.54 Å². The molecule has 0 spiro atoms. The van der Waals surface area contributed by atoms with Gasteiger partial charge in [0.25, 0.3) is 0 Å². The van der Waals surface area contributed by atoms with Gasteiger partial charge in [-0.25, -0.2) is 0 Å². The van der Waals surface area contributed by atoms with Crippen LogP contribution in [0.4, 0.5) is 0 Å². The summed E-state index contributed by atoms with van der Waals surface area (Å²) in [4.78, 5) is 0. The summed E-state index contributed by atoms with van der Waals surface area (Å²) in [6.07, 6.45) is 14.3. The Morgan fingerprint density at radius 1 is 1.16 bits per heavy atom. The molecule has 1 aromatic rings. The number of hydrogen-bond acceptors (Lipinski definition) is 2. The van der Waals surface area contributed by atoms with Crippen LogP contribution in [0.1, 0.15) is 68.5 Å². The van der Waals surface area contributed by atoms with Gasteiger partial charge in [-0.15, -0.1) is 0 Å². The lowest BCUT2D eigenvalue weighted by molar-refractivity contribution is 0.388. The van der Waals surface area contributed by atoms with E-state index in [9.17, 15) is 0 Å². The molecule has 1 saturated carbocycles. The summed E-state index contributed by atoms with van der Waals surface area (Å²) < 4.78 is 2.13. The second-order valence-corrected chi connectivity index (χ2v) is 6.36. The quantitative estimate of drug-likeness (QED) is 0.906. The van der Waals surface area contributed by atoms with Gasteiger partial charge in [-0.2, -0.15) is 5.10 Å². The van der Waals surface area contributed by atoms with Crippen LogP contribution in [0.2, 0.25) is 0 Å². The maximum absolute atomic E-state index is 4.55. The fourth-order valence-electron chi connectivity index (χ4n) is 3.82. The number of rotatable bonds is 3. The Hall–Kier alpha value is -0.830. The van der Waals surface area contributed by atoms with Crippen molar-refractivity contribution in [2.24, 2.45) is 7.05 Å². The number of aryl methyl sites for hydroxylation is 1. The van der Waals surface area contributed by atoms with E-state index in [1.54, 1.807) is 5.56 Å². The Kier molecular flexibility index (Phi) is 4.21. The standard InChI is InChI=1S/C16H27N3/c1-19-16(11-14-9-5-6-10-17-14)15(12-18-19)13-7-3-2-4-8-13/h12-14,17H,2-11H2,1H3. The Balaban J connectivity index is 1.73. The lowest BCUT2D eigenvalue weighted by Gasteiger charge is -2.26. The molecule has 1 unspecified atom stereocenters. The highest BCUT2D eigenvalue weighted by Crippen LogP contribution is 2.34. The van der Waals surface area contributed by atoms with Crippen LogP contribution in [0.15, 0.2) is 6.20 Å². The van der Waals surface area contributed by atoms with Crippen LogP contribution < -0.4 is 5.32 Å². The molecule has 1 atom stereocenters. The topological polar surface area (TPSA) is 29.9 Å².